The van der Waals surface area contributed by atoms with Gasteiger partial charge >= 0.3 is 0 Å². The smallest absolute Gasteiger partial charge is 0.175 e. The van der Waals surface area contributed by atoms with Crippen LogP contribution in [0.25, 0.3) is 0 Å². The lowest BCUT2D eigenvalue weighted by atomic mass is 9.89. The van der Waals surface area contributed by atoms with Gasteiger partial charge in [-0.15, -0.1) is 0 Å². The number of rotatable bonds is 5. The van der Waals surface area contributed by atoms with Gasteiger partial charge in [0, 0.05) is 17.5 Å². The maximum Gasteiger partial charge on any atom is 0.175 e. The quantitative estimate of drug-likeness (QED) is 0.908. The maximum absolute atomic E-state index is 5.95. The van der Waals surface area contributed by atoms with Gasteiger partial charge in [0.1, 0.15) is 0 Å². The van der Waals surface area contributed by atoms with E-state index in [-0.39, 0.29) is 5.41 Å². The Balaban J connectivity index is 2.64. The van der Waals surface area contributed by atoms with Crippen molar-refractivity contribution in [3.8, 4) is 11.5 Å². The minimum atomic E-state index is 0.160. The summed E-state index contributed by atoms with van der Waals surface area (Å²) in [4.78, 5) is 0. The van der Waals surface area contributed by atoms with Crippen LogP contribution in [0.3, 0.4) is 0 Å². The average Bonchev–Trinajstić information content (AvgIpc) is 3.18. The molecule has 100 valence electrons. The van der Waals surface area contributed by atoms with Gasteiger partial charge in [0.25, 0.3) is 0 Å². The maximum atomic E-state index is 5.95. The lowest BCUT2D eigenvalue weighted by Gasteiger charge is -2.22. The van der Waals surface area contributed by atoms with Gasteiger partial charge < -0.3 is 15.2 Å². The summed E-state index contributed by atoms with van der Waals surface area (Å²) in [6, 6.07) is 2.15. The first-order valence-corrected chi connectivity index (χ1v) is 7.06. The number of halogens is 1. The Hall–Kier alpha value is -0.740. The summed E-state index contributed by atoms with van der Waals surface area (Å²) in [5, 5.41) is 0. The van der Waals surface area contributed by atoms with Crippen LogP contribution < -0.4 is 15.2 Å². The number of nitrogens with two attached hydrogens (primary N) is 1. The van der Waals surface area contributed by atoms with E-state index < -0.39 is 0 Å². The lowest BCUT2D eigenvalue weighted by Crippen LogP contribution is -2.21. The molecule has 0 spiro atoms. The van der Waals surface area contributed by atoms with Crippen LogP contribution in [0.15, 0.2) is 10.5 Å². The molecule has 3 nitrogen and oxygen atoms in total. The second-order valence-electron chi connectivity index (χ2n) is 4.79. The van der Waals surface area contributed by atoms with Crippen LogP contribution in [0.5, 0.6) is 11.5 Å². The molecular weight excluding hydrogens is 294 g/mol. The summed E-state index contributed by atoms with van der Waals surface area (Å²) in [5.41, 5.74) is 8.65. The van der Waals surface area contributed by atoms with Gasteiger partial charge in [-0.2, -0.15) is 0 Å². The first kappa shape index (κ1) is 13.7. The van der Waals surface area contributed by atoms with E-state index in [0.717, 1.165) is 22.4 Å². The van der Waals surface area contributed by atoms with Crippen molar-refractivity contribution in [3.05, 3.63) is 21.7 Å². The van der Waals surface area contributed by atoms with Gasteiger partial charge in [-0.1, -0.05) is 6.92 Å². The van der Waals surface area contributed by atoms with E-state index in [0.29, 0.717) is 6.54 Å². The molecule has 0 atom stereocenters. The molecule has 0 heterocycles. The van der Waals surface area contributed by atoms with E-state index in [9.17, 15) is 0 Å². The summed E-state index contributed by atoms with van der Waals surface area (Å²) in [5.74, 6) is 1.61. The van der Waals surface area contributed by atoms with E-state index >= 15 is 0 Å². The van der Waals surface area contributed by atoms with E-state index in [2.05, 4.69) is 28.9 Å². The number of methoxy groups -OCH3 is 2. The Bertz CT molecular complexity index is 456. The third-order valence-electron chi connectivity index (χ3n) is 3.87. The second kappa shape index (κ2) is 5.10. The molecule has 1 saturated carbocycles. The second-order valence-corrected chi connectivity index (χ2v) is 5.64. The molecule has 0 bridgehead atoms. The van der Waals surface area contributed by atoms with Gasteiger partial charge in [0.15, 0.2) is 11.5 Å². The van der Waals surface area contributed by atoms with Crippen LogP contribution in [-0.2, 0) is 11.8 Å². The standard InChI is InChI=1S/C14H20BrNO2/c1-4-9-10(14(8-16)5-6-14)7-11(15)13(18-3)12(9)17-2/h7H,4-6,8,16H2,1-3H3. The Kier molecular flexibility index (Phi) is 3.87. The monoisotopic (exact) mass is 313 g/mol. The number of benzene rings is 1. The minimum Gasteiger partial charge on any atom is -0.493 e. The Morgan fingerprint density at radius 1 is 1.28 bits per heavy atom. The van der Waals surface area contributed by atoms with Gasteiger partial charge in [0.05, 0.1) is 18.7 Å². The first-order valence-electron chi connectivity index (χ1n) is 6.27. The van der Waals surface area contributed by atoms with Crippen molar-refractivity contribution < 1.29 is 9.47 Å². The fourth-order valence-corrected chi connectivity index (χ4v) is 3.18. The van der Waals surface area contributed by atoms with Gasteiger partial charge in [-0.25, -0.2) is 0 Å². The SMILES string of the molecule is CCc1c(C2(CN)CC2)cc(Br)c(OC)c1OC. The zero-order valence-corrected chi connectivity index (χ0v) is 12.8. The molecule has 0 saturated heterocycles. The molecule has 1 aliphatic rings. The number of hydrogen-bond donors (Lipinski definition) is 1. The van der Waals surface area contributed by atoms with Crippen LogP contribution in [0.4, 0.5) is 0 Å². The number of hydrogen-bond acceptors (Lipinski definition) is 3. The molecule has 4 heteroatoms. The van der Waals surface area contributed by atoms with Crippen LogP contribution in [0, 0.1) is 0 Å². The molecular formula is C14H20BrNO2. The normalized spacial score (nSPS) is 16.5. The highest BCUT2D eigenvalue weighted by Gasteiger charge is 2.45. The van der Waals surface area contributed by atoms with Crippen molar-refractivity contribution >= 4 is 15.9 Å². The van der Waals surface area contributed by atoms with E-state index in [1.54, 1.807) is 14.2 Å². The summed E-state index contributed by atoms with van der Waals surface area (Å²) in [6.45, 7) is 2.84. The molecule has 0 radical (unpaired) electrons. The lowest BCUT2D eigenvalue weighted by molar-refractivity contribution is 0.349. The van der Waals surface area contributed by atoms with Gasteiger partial charge in [-0.3, -0.25) is 0 Å². The van der Waals surface area contributed by atoms with Crippen molar-refractivity contribution in [2.24, 2.45) is 5.73 Å². The topological polar surface area (TPSA) is 44.5 Å². The molecule has 1 aliphatic carbocycles. The predicted octanol–water partition coefficient (Wildman–Crippen LogP) is 3.02. The van der Waals surface area contributed by atoms with Crippen LogP contribution >= 0.6 is 15.9 Å². The van der Waals surface area contributed by atoms with Crippen molar-refractivity contribution in [3.63, 3.8) is 0 Å². The molecule has 1 aromatic rings. The molecule has 0 aromatic heterocycles. The van der Waals surface area contributed by atoms with E-state index in [1.807, 2.05) is 0 Å². The van der Waals surface area contributed by atoms with Crippen LogP contribution in [-0.4, -0.2) is 20.8 Å². The number of ether oxygens (including phenoxy) is 2. The molecule has 0 aliphatic heterocycles. The molecule has 2 rings (SSSR count). The molecule has 2 N–H and O–H groups in total. The average molecular weight is 314 g/mol. The predicted molar refractivity (Wildman–Crippen MR) is 76.6 cm³/mol. The fraction of sp³-hybridized carbons (Fsp3) is 0.571. The minimum absolute atomic E-state index is 0.160. The van der Waals surface area contributed by atoms with Crippen molar-refractivity contribution in [2.45, 2.75) is 31.6 Å². The Morgan fingerprint density at radius 2 is 1.89 bits per heavy atom. The summed E-state index contributed by atoms with van der Waals surface area (Å²) in [6.07, 6.45) is 3.25. The highest BCUT2D eigenvalue weighted by molar-refractivity contribution is 9.10. The highest BCUT2D eigenvalue weighted by atomic mass is 79.9. The molecule has 1 aromatic carbocycles. The zero-order chi connectivity index (χ0) is 13.3. The fourth-order valence-electron chi connectivity index (χ4n) is 2.61. The summed E-state index contributed by atoms with van der Waals surface area (Å²) < 4.78 is 11.9. The largest absolute Gasteiger partial charge is 0.493 e. The zero-order valence-electron chi connectivity index (χ0n) is 11.2. The van der Waals surface area contributed by atoms with Gasteiger partial charge in [0.2, 0.25) is 0 Å². The molecule has 1 fully saturated rings. The van der Waals surface area contributed by atoms with Crippen LogP contribution in [0.2, 0.25) is 0 Å². The molecule has 18 heavy (non-hydrogen) atoms. The summed E-state index contributed by atoms with van der Waals surface area (Å²) >= 11 is 3.57. The third kappa shape index (κ3) is 2.01. The Labute approximate surface area is 117 Å². The van der Waals surface area contributed by atoms with Crippen molar-refractivity contribution in [1.82, 2.24) is 0 Å². The van der Waals surface area contributed by atoms with E-state index in [4.69, 9.17) is 15.2 Å². The van der Waals surface area contributed by atoms with Crippen molar-refractivity contribution in [1.29, 1.82) is 0 Å². The van der Waals surface area contributed by atoms with E-state index in [1.165, 1.54) is 24.0 Å². The highest BCUT2D eigenvalue weighted by Crippen LogP contribution is 2.53. The van der Waals surface area contributed by atoms with Gasteiger partial charge in [-0.05, 0) is 46.8 Å². The third-order valence-corrected chi connectivity index (χ3v) is 4.46. The van der Waals surface area contributed by atoms with Crippen LogP contribution in [0.1, 0.15) is 30.9 Å². The van der Waals surface area contributed by atoms with Crippen molar-refractivity contribution in [2.75, 3.05) is 20.8 Å². The molecule has 0 unspecified atom stereocenters. The first-order chi connectivity index (χ1) is 8.63. The molecule has 0 amide bonds. The summed E-state index contributed by atoms with van der Waals surface area (Å²) in [7, 11) is 3.35. The Morgan fingerprint density at radius 3 is 2.28 bits per heavy atom.